The predicted molar refractivity (Wildman–Crippen MR) is 98.0 cm³/mol. The first-order valence-electron chi connectivity index (χ1n) is 10.7. The van der Waals surface area contributed by atoms with Gasteiger partial charge >= 0.3 is 0 Å². The van der Waals surface area contributed by atoms with Crippen molar-refractivity contribution in [3.63, 3.8) is 0 Å². The van der Waals surface area contributed by atoms with Crippen LogP contribution in [-0.4, -0.2) is 6.04 Å². The number of hydrogen-bond donors (Lipinski definition) is 1. The summed E-state index contributed by atoms with van der Waals surface area (Å²) in [6, 6.07) is 0.517. The van der Waals surface area contributed by atoms with Crippen molar-refractivity contribution in [1.29, 1.82) is 0 Å². The molecule has 23 heavy (non-hydrogen) atoms. The first-order valence-corrected chi connectivity index (χ1v) is 10.7. The van der Waals surface area contributed by atoms with Crippen molar-refractivity contribution in [2.75, 3.05) is 0 Å². The fourth-order valence-electron chi connectivity index (χ4n) is 7.48. The summed E-state index contributed by atoms with van der Waals surface area (Å²) in [4.78, 5) is 0. The third-order valence-electron chi connectivity index (χ3n) is 8.47. The van der Waals surface area contributed by atoms with E-state index in [1.807, 2.05) is 0 Å². The van der Waals surface area contributed by atoms with Gasteiger partial charge in [-0.3, -0.25) is 0 Å². The van der Waals surface area contributed by atoms with Crippen LogP contribution in [0.3, 0.4) is 0 Å². The van der Waals surface area contributed by atoms with Gasteiger partial charge in [0.1, 0.15) is 0 Å². The van der Waals surface area contributed by atoms with Crippen LogP contribution in [-0.2, 0) is 0 Å². The fraction of sp³-hybridized carbons (Fsp3) is 0.909. The van der Waals surface area contributed by atoms with E-state index in [1.54, 1.807) is 0 Å². The Labute approximate surface area is 143 Å². The molecule has 4 fully saturated rings. The van der Waals surface area contributed by atoms with Gasteiger partial charge < -0.3 is 5.73 Å². The summed E-state index contributed by atoms with van der Waals surface area (Å²) < 4.78 is 0. The van der Waals surface area contributed by atoms with Crippen LogP contribution < -0.4 is 5.73 Å². The molecule has 0 aromatic rings. The Kier molecular flexibility index (Phi) is 4.86. The average Bonchev–Trinajstić information content (AvgIpc) is 2.62. The van der Waals surface area contributed by atoms with E-state index in [1.165, 1.54) is 77.0 Å². The summed E-state index contributed by atoms with van der Waals surface area (Å²) in [5.41, 5.74) is 6.54. The summed E-state index contributed by atoms with van der Waals surface area (Å²) in [7, 11) is 0. The monoisotopic (exact) mass is 315 g/mol. The Bertz CT molecular complexity index is 416. The molecular weight excluding hydrogens is 278 g/mol. The van der Waals surface area contributed by atoms with Crippen molar-refractivity contribution >= 4 is 0 Å². The molecule has 0 spiro atoms. The van der Waals surface area contributed by atoms with E-state index in [4.69, 9.17) is 5.73 Å². The lowest BCUT2D eigenvalue weighted by atomic mass is 9.52. The molecule has 1 heteroatoms. The number of allylic oxidation sites excluding steroid dienone is 1. The van der Waals surface area contributed by atoms with Gasteiger partial charge in [0.25, 0.3) is 0 Å². The van der Waals surface area contributed by atoms with E-state index in [9.17, 15) is 0 Å². The molecule has 0 aliphatic heterocycles. The molecule has 8 unspecified atom stereocenters. The minimum absolute atomic E-state index is 0.517. The van der Waals surface area contributed by atoms with Gasteiger partial charge in [-0.25, -0.2) is 0 Å². The van der Waals surface area contributed by atoms with Gasteiger partial charge in [0.15, 0.2) is 0 Å². The third-order valence-corrected chi connectivity index (χ3v) is 8.47. The molecule has 0 heterocycles. The minimum Gasteiger partial charge on any atom is -0.327 e. The number of fused-ring (bicyclic) bond motifs is 2. The molecule has 0 saturated heterocycles. The molecule has 4 aliphatic rings. The normalized spacial score (nSPS) is 50.7. The molecular formula is C22H37N. The van der Waals surface area contributed by atoms with E-state index in [-0.39, 0.29) is 0 Å². The molecule has 4 aliphatic carbocycles. The highest BCUT2D eigenvalue weighted by Gasteiger charge is 2.48. The molecule has 0 aromatic carbocycles. The van der Waals surface area contributed by atoms with Crippen molar-refractivity contribution in [1.82, 2.24) is 0 Å². The lowest BCUT2D eigenvalue weighted by Gasteiger charge is -2.54. The van der Waals surface area contributed by atoms with Gasteiger partial charge in [0.05, 0.1) is 0 Å². The summed E-state index contributed by atoms with van der Waals surface area (Å²) in [5, 5.41) is 0. The number of nitrogens with two attached hydrogens (primary N) is 1. The zero-order valence-electron chi connectivity index (χ0n) is 15.0. The summed E-state index contributed by atoms with van der Waals surface area (Å²) in [6.45, 7) is 4.17. The minimum atomic E-state index is 0.517. The Balaban J connectivity index is 1.55. The van der Waals surface area contributed by atoms with Crippen LogP contribution in [0.4, 0.5) is 0 Å². The van der Waals surface area contributed by atoms with Crippen LogP contribution in [0.25, 0.3) is 0 Å². The zero-order chi connectivity index (χ0) is 15.8. The molecule has 130 valence electrons. The Hall–Kier alpha value is -0.300. The summed E-state index contributed by atoms with van der Waals surface area (Å²) >= 11 is 0. The molecule has 4 rings (SSSR count). The van der Waals surface area contributed by atoms with Crippen LogP contribution in [0.5, 0.6) is 0 Å². The van der Waals surface area contributed by atoms with Crippen LogP contribution in [0.2, 0.25) is 0 Å². The Morgan fingerprint density at radius 2 is 1.04 bits per heavy atom. The molecule has 2 N–H and O–H groups in total. The molecule has 4 saturated carbocycles. The highest BCUT2D eigenvalue weighted by molar-refractivity contribution is 5.01. The molecule has 8 atom stereocenters. The zero-order valence-corrected chi connectivity index (χ0v) is 15.0. The largest absolute Gasteiger partial charge is 0.327 e. The van der Waals surface area contributed by atoms with Gasteiger partial charge in [-0.15, -0.1) is 6.58 Å². The van der Waals surface area contributed by atoms with Crippen LogP contribution >= 0.6 is 0 Å². The van der Waals surface area contributed by atoms with E-state index in [0.29, 0.717) is 6.04 Å². The predicted octanol–water partition coefficient (Wildman–Crippen LogP) is 5.55. The summed E-state index contributed by atoms with van der Waals surface area (Å²) in [5.74, 6) is 6.68. The van der Waals surface area contributed by atoms with Gasteiger partial charge in [-0.1, -0.05) is 31.8 Å². The quantitative estimate of drug-likeness (QED) is 0.664. The second-order valence-electron chi connectivity index (χ2n) is 9.27. The topological polar surface area (TPSA) is 26.0 Å². The highest BCUT2D eigenvalue weighted by atomic mass is 14.7. The molecule has 0 radical (unpaired) electrons. The second-order valence-corrected chi connectivity index (χ2v) is 9.27. The number of hydrogen-bond acceptors (Lipinski definition) is 1. The van der Waals surface area contributed by atoms with E-state index >= 15 is 0 Å². The lowest BCUT2D eigenvalue weighted by Crippen LogP contribution is -2.49. The maximum atomic E-state index is 6.54. The smallest absolute Gasteiger partial charge is 0.00700 e. The van der Waals surface area contributed by atoms with Crippen molar-refractivity contribution < 1.29 is 0 Å². The molecule has 1 nitrogen and oxygen atoms in total. The van der Waals surface area contributed by atoms with Gasteiger partial charge in [0, 0.05) is 6.04 Å². The van der Waals surface area contributed by atoms with Crippen LogP contribution in [0, 0.1) is 41.4 Å². The van der Waals surface area contributed by atoms with E-state index < -0.39 is 0 Å². The highest BCUT2D eigenvalue weighted by Crippen LogP contribution is 2.55. The first kappa shape index (κ1) is 16.2. The van der Waals surface area contributed by atoms with Crippen molar-refractivity contribution in [2.24, 2.45) is 47.2 Å². The first-order chi connectivity index (χ1) is 11.3. The van der Waals surface area contributed by atoms with Gasteiger partial charge in [0.2, 0.25) is 0 Å². The van der Waals surface area contributed by atoms with Crippen molar-refractivity contribution in [2.45, 2.75) is 83.1 Å². The molecule has 0 amide bonds. The standard InChI is InChI=1S/C22H37N/c1-2-15-11-12-19(17-8-4-3-7-16(15)17)20-13-14-22(23)21-10-6-5-9-18(20)21/h2,15-22H,1,3-14,23H2. The van der Waals surface area contributed by atoms with Crippen LogP contribution in [0.1, 0.15) is 77.0 Å². The van der Waals surface area contributed by atoms with Crippen LogP contribution in [0.15, 0.2) is 12.7 Å². The summed E-state index contributed by atoms with van der Waals surface area (Å²) in [6.07, 6.45) is 19.8. The SMILES string of the molecule is C=CC1CCC(C2CCC(N)C3CCCCC32)C2CCCCC12. The molecule has 0 aromatic heterocycles. The number of rotatable bonds is 2. The third kappa shape index (κ3) is 2.92. The van der Waals surface area contributed by atoms with E-state index in [2.05, 4.69) is 12.7 Å². The Morgan fingerprint density at radius 3 is 1.70 bits per heavy atom. The van der Waals surface area contributed by atoms with E-state index in [0.717, 1.165) is 41.4 Å². The van der Waals surface area contributed by atoms with Gasteiger partial charge in [-0.2, -0.15) is 0 Å². The van der Waals surface area contributed by atoms with Crippen molar-refractivity contribution in [3.05, 3.63) is 12.7 Å². The second kappa shape index (κ2) is 6.90. The molecule has 0 bridgehead atoms. The fourth-order valence-corrected chi connectivity index (χ4v) is 7.48. The average molecular weight is 316 g/mol. The van der Waals surface area contributed by atoms with Gasteiger partial charge in [-0.05, 0) is 92.8 Å². The maximum absolute atomic E-state index is 6.54. The lowest BCUT2D eigenvalue weighted by molar-refractivity contribution is -0.0274. The van der Waals surface area contributed by atoms with Crippen molar-refractivity contribution in [3.8, 4) is 0 Å². The Morgan fingerprint density at radius 1 is 0.565 bits per heavy atom. The maximum Gasteiger partial charge on any atom is 0.00700 e.